The summed E-state index contributed by atoms with van der Waals surface area (Å²) >= 11 is 1.69. The number of halogens is 1. The maximum absolute atomic E-state index is 12.1. The number of hydrogen-bond acceptors (Lipinski definition) is 5. The van der Waals surface area contributed by atoms with Crippen LogP contribution in [-0.2, 0) is 13.0 Å². The number of rotatable bonds is 8. The molecule has 0 bridgehead atoms. The van der Waals surface area contributed by atoms with E-state index in [1.807, 2.05) is 6.20 Å². The first-order chi connectivity index (χ1) is 12.7. The minimum atomic E-state index is -0.136. The summed E-state index contributed by atoms with van der Waals surface area (Å²) in [6.45, 7) is 3.78. The Bertz CT molecular complexity index is 751. The number of guanidine groups is 1. The number of aryl methyl sites for hydroxylation is 1. The van der Waals surface area contributed by atoms with Crippen molar-refractivity contribution in [2.24, 2.45) is 4.99 Å². The number of benzene rings is 1. The Labute approximate surface area is 181 Å². The molecule has 0 radical (unpaired) electrons. The molecule has 3 N–H and O–H groups in total. The number of aliphatic imine (C=N–C) groups is 1. The van der Waals surface area contributed by atoms with Gasteiger partial charge in [0.25, 0.3) is 5.91 Å². The van der Waals surface area contributed by atoms with Gasteiger partial charge in [-0.15, -0.1) is 35.3 Å². The van der Waals surface area contributed by atoms with Gasteiger partial charge in [-0.1, -0.05) is 13.0 Å². The summed E-state index contributed by atoms with van der Waals surface area (Å²) in [7, 11) is 3.29. The van der Waals surface area contributed by atoms with E-state index in [9.17, 15) is 4.79 Å². The Morgan fingerprint density at radius 2 is 2.04 bits per heavy atom. The molecule has 1 amide bonds. The molecule has 0 saturated carbocycles. The minimum absolute atomic E-state index is 0. The summed E-state index contributed by atoms with van der Waals surface area (Å²) in [5, 5.41) is 10.3. The molecule has 0 aliphatic rings. The molecule has 2 rings (SSSR count). The number of amides is 1. The van der Waals surface area contributed by atoms with Gasteiger partial charge in [0.05, 0.1) is 13.7 Å². The van der Waals surface area contributed by atoms with Crippen LogP contribution in [0, 0.1) is 0 Å². The number of methoxy groups -OCH3 is 1. The van der Waals surface area contributed by atoms with Gasteiger partial charge in [0, 0.05) is 36.8 Å². The summed E-state index contributed by atoms with van der Waals surface area (Å²) < 4.78 is 5.13. The SMILES string of the molecule is CCc1cnc(CNC(=NC)NCCNC(=O)c2cccc(OC)c2)s1.I. The highest BCUT2D eigenvalue weighted by molar-refractivity contribution is 14.0. The quantitative estimate of drug-likeness (QED) is 0.223. The lowest BCUT2D eigenvalue weighted by Gasteiger charge is -2.11. The number of nitrogens with zero attached hydrogens (tertiary/aromatic N) is 2. The van der Waals surface area contributed by atoms with Gasteiger partial charge in [-0.25, -0.2) is 4.98 Å². The average Bonchev–Trinajstić information content (AvgIpc) is 3.15. The Morgan fingerprint density at radius 1 is 1.26 bits per heavy atom. The standard InChI is InChI=1S/C18H25N5O2S.HI/c1-4-15-11-22-16(26-15)12-23-18(19-2)21-9-8-20-17(24)13-6-5-7-14(10-13)25-3;/h5-7,10-11H,4,8-9,12H2,1-3H3,(H,20,24)(H2,19,21,23);1H. The molecule has 1 aromatic carbocycles. The third-order valence-corrected chi connectivity index (χ3v) is 4.76. The normalized spacial score (nSPS) is 10.7. The van der Waals surface area contributed by atoms with Gasteiger partial charge in [0.15, 0.2) is 5.96 Å². The van der Waals surface area contributed by atoms with Crippen LogP contribution in [0.15, 0.2) is 35.5 Å². The molecule has 1 aromatic heterocycles. The second kappa shape index (κ2) is 12.5. The van der Waals surface area contributed by atoms with Crippen molar-refractivity contribution < 1.29 is 9.53 Å². The van der Waals surface area contributed by atoms with E-state index < -0.39 is 0 Å². The number of aromatic nitrogens is 1. The highest BCUT2D eigenvalue weighted by Gasteiger charge is 2.06. The number of carbonyl (C=O) groups is 1. The highest BCUT2D eigenvalue weighted by Crippen LogP contribution is 2.13. The third kappa shape index (κ3) is 7.71. The predicted molar refractivity (Wildman–Crippen MR) is 120 cm³/mol. The zero-order valence-corrected chi connectivity index (χ0v) is 18.9. The van der Waals surface area contributed by atoms with E-state index in [0.717, 1.165) is 11.4 Å². The molecule has 7 nitrogen and oxygen atoms in total. The second-order valence-electron chi connectivity index (χ2n) is 5.41. The van der Waals surface area contributed by atoms with E-state index >= 15 is 0 Å². The fourth-order valence-electron chi connectivity index (χ4n) is 2.20. The molecule has 27 heavy (non-hydrogen) atoms. The molecule has 0 aliphatic carbocycles. The molecule has 0 aliphatic heterocycles. The van der Waals surface area contributed by atoms with Crippen molar-refractivity contribution >= 4 is 47.2 Å². The summed E-state index contributed by atoms with van der Waals surface area (Å²) in [4.78, 5) is 21.9. The van der Waals surface area contributed by atoms with Crippen molar-refractivity contribution in [1.29, 1.82) is 0 Å². The van der Waals surface area contributed by atoms with Crippen LogP contribution in [0.25, 0.3) is 0 Å². The largest absolute Gasteiger partial charge is 0.497 e. The van der Waals surface area contributed by atoms with Crippen LogP contribution in [-0.4, -0.2) is 44.1 Å². The Kier molecular flexibility index (Phi) is 10.7. The number of thiazole rings is 1. The van der Waals surface area contributed by atoms with E-state index in [2.05, 4.69) is 32.9 Å². The molecule has 0 fully saturated rings. The van der Waals surface area contributed by atoms with Gasteiger partial charge in [-0.3, -0.25) is 9.79 Å². The van der Waals surface area contributed by atoms with E-state index in [1.54, 1.807) is 49.8 Å². The van der Waals surface area contributed by atoms with E-state index in [0.29, 0.717) is 36.9 Å². The Hall–Kier alpha value is -1.88. The van der Waals surface area contributed by atoms with Crippen LogP contribution in [0.4, 0.5) is 0 Å². The maximum Gasteiger partial charge on any atom is 0.251 e. The average molecular weight is 503 g/mol. The lowest BCUT2D eigenvalue weighted by molar-refractivity contribution is 0.0954. The van der Waals surface area contributed by atoms with Crippen molar-refractivity contribution in [2.75, 3.05) is 27.2 Å². The Balaban J connectivity index is 0.00000364. The lowest BCUT2D eigenvalue weighted by Crippen LogP contribution is -2.41. The van der Waals surface area contributed by atoms with Crippen molar-refractivity contribution in [1.82, 2.24) is 20.9 Å². The smallest absolute Gasteiger partial charge is 0.251 e. The van der Waals surface area contributed by atoms with Gasteiger partial charge < -0.3 is 20.7 Å². The van der Waals surface area contributed by atoms with E-state index in [4.69, 9.17) is 4.74 Å². The van der Waals surface area contributed by atoms with Crippen LogP contribution >= 0.6 is 35.3 Å². The summed E-state index contributed by atoms with van der Waals surface area (Å²) in [6.07, 6.45) is 2.91. The summed E-state index contributed by atoms with van der Waals surface area (Å²) in [6, 6.07) is 7.06. The van der Waals surface area contributed by atoms with E-state index in [1.165, 1.54) is 4.88 Å². The molecule has 2 aromatic rings. The van der Waals surface area contributed by atoms with Gasteiger partial charge in [-0.05, 0) is 24.6 Å². The van der Waals surface area contributed by atoms with Crippen molar-refractivity contribution in [3.8, 4) is 5.75 Å². The van der Waals surface area contributed by atoms with E-state index in [-0.39, 0.29) is 29.9 Å². The fraction of sp³-hybridized carbons (Fsp3) is 0.389. The molecule has 0 saturated heterocycles. The predicted octanol–water partition coefficient (Wildman–Crippen LogP) is 2.43. The monoisotopic (exact) mass is 503 g/mol. The number of nitrogens with one attached hydrogen (secondary N) is 3. The number of hydrogen-bond donors (Lipinski definition) is 3. The highest BCUT2D eigenvalue weighted by atomic mass is 127. The molecule has 148 valence electrons. The first-order valence-electron chi connectivity index (χ1n) is 8.46. The topological polar surface area (TPSA) is 87.6 Å². The molecule has 9 heteroatoms. The first-order valence-corrected chi connectivity index (χ1v) is 9.28. The van der Waals surface area contributed by atoms with Crippen LogP contribution in [0.2, 0.25) is 0 Å². The zero-order chi connectivity index (χ0) is 18.8. The first kappa shape index (κ1) is 23.2. The third-order valence-electron chi connectivity index (χ3n) is 3.62. The maximum atomic E-state index is 12.1. The molecular weight excluding hydrogens is 477 g/mol. The molecule has 1 heterocycles. The van der Waals surface area contributed by atoms with Gasteiger partial charge in [-0.2, -0.15) is 0 Å². The van der Waals surface area contributed by atoms with Crippen molar-refractivity contribution in [2.45, 2.75) is 19.9 Å². The second-order valence-corrected chi connectivity index (χ2v) is 6.61. The zero-order valence-electron chi connectivity index (χ0n) is 15.7. The van der Waals surface area contributed by atoms with Crippen LogP contribution < -0.4 is 20.7 Å². The van der Waals surface area contributed by atoms with Gasteiger partial charge in [0.1, 0.15) is 10.8 Å². The Morgan fingerprint density at radius 3 is 2.70 bits per heavy atom. The summed E-state index contributed by atoms with van der Waals surface area (Å²) in [5.74, 6) is 1.20. The van der Waals surface area contributed by atoms with Crippen LogP contribution in [0.3, 0.4) is 0 Å². The number of ether oxygens (including phenoxy) is 1. The van der Waals surface area contributed by atoms with Crippen molar-refractivity contribution in [3.63, 3.8) is 0 Å². The van der Waals surface area contributed by atoms with Gasteiger partial charge in [0.2, 0.25) is 0 Å². The van der Waals surface area contributed by atoms with Crippen LogP contribution in [0.5, 0.6) is 5.75 Å². The van der Waals surface area contributed by atoms with Gasteiger partial charge >= 0.3 is 0 Å². The molecule has 0 spiro atoms. The molecule has 0 atom stereocenters. The molecular formula is C18H26IN5O2S. The number of carbonyl (C=O) groups excluding carboxylic acids is 1. The summed E-state index contributed by atoms with van der Waals surface area (Å²) in [5.41, 5.74) is 0.572. The molecule has 0 unspecified atom stereocenters. The fourth-order valence-corrected chi connectivity index (χ4v) is 3.00. The minimum Gasteiger partial charge on any atom is -0.497 e. The van der Waals surface area contributed by atoms with Crippen LogP contribution in [0.1, 0.15) is 27.2 Å². The van der Waals surface area contributed by atoms with Crippen molar-refractivity contribution in [3.05, 3.63) is 45.9 Å². The lowest BCUT2D eigenvalue weighted by atomic mass is 10.2.